The van der Waals surface area contributed by atoms with Gasteiger partial charge in [-0.3, -0.25) is 0 Å². The molecule has 0 spiro atoms. The molecule has 1 aromatic rings. The van der Waals surface area contributed by atoms with Gasteiger partial charge in [0.1, 0.15) is 11.6 Å². The highest BCUT2D eigenvalue weighted by molar-refractivity contribution is 5.03. The predicted octanol–water partition coefficient (Wildman–Crippen LogP) is 0.436. The highest BCUT2D eigenvalue weighted by atomic mass is 15.3. The Morgan fingerprint density at radius 2 is 2.17 bits per heavy atom. The smallest absolute Gasteiger partial charge is 0.134 e. The summed E-state index contributed by atoms with van der Waals surface area (Å²) in [5, 5.41) is 8.69. The summed E-state index contributed by atoms with van der Waals surface area (Å²) in [6, 6.07) is 0.275. The van der Waals surface area contributed by atoms with E-state index in [1.54, 1.807) is 0 Å². The van der Waals surface area contributed by atoms with E-state index in [9.17, 15) is 0 Å². The fourth-order valence-corrected chi connectivity index (χ4v) is 3.19. The largest absolute Gasteiger partial charge is 0.327 e. The van der Waals surface area contributed by atoms with Crippen LogP contribution >= 0.6 is 0 Å². The zero-order valence-corrected chi connectivity index (χ0v) is 11.2. The third-order valence-electron chi connectivity index (χ3n) is 4.36. The van der Waals surface area contributed by atoms with Crippen LogP contribution in [-0.4, -0.2) is 45.3 Å². The molecule has 1 fully saturated rings. The number of fused-ring (bicyclic) bond motifs is 1. The quantitative estimate of drug-likeness (QED) is 0.844. The molecular weight excluding hydrogens is 226 g/mol. The molecule has 5 nitrogen and oxygen atoms in total. The van der Waals surface area contributed by atoms with Crippen LogP contribution in [0.25, 0.3) is 0 Å². The van der Waals surface area contributed by atoms with Crippen molar-refractivity contribution in [3.63, 3.8) is 0 Å². The van der Waals surface area contributed by atoms with E-state index in [0.29, 0.717) is 0 Å². The molecule has 2 aliphatic rings. The van der Waals surface area contributed by atoms with Crippen molar-refractivity contribution >= 4 is 0 Å². The van der Waals surface area contributed by atoms with Crippen LogP contribution in [0.2, 0.25) is 0 Å². The number of hydrogen-bond acceptors (Lipinski definition) is 4. The molecule has 5 heteroatoms. The minimum absolute atomic E-state index is 0.275. The fraction of sp³-hybridized carbons (Fsp3) is 0.846. The first-order valence-electron chi connectivity index (χ1n) is 7.15. The topological polar surface area (TPSA) is 60.0 Å². The van der Waals surface area contributed by atoms with Gasteiger partial charge in [-0.1, -0.05) is 6.92 Å². The van der Waals surface area contributed by atoms with Crippen LogP contribution in [0.4, 0.5) is 0 Å². The minimum atomic E-state index is 0.275. The van der Waals surface area contributed by atoms with E-state index < -0.39 is 0 Å². The highest BCUT2D eigenvalue weighted by Crippen LogP contribution is 2.22. The van der Waals surface area contributed by atoms with E-state index in [1.165, 1.54) is 31.9 Å². The van der Waals surface area contributed by atoms with Crippen molar-refractivity contribution in [3.05, 3.63) is 11.6 Å². The van der Waals surface area contributed by atoms with Crippen LogP contribution in [0, 0.1) is 5.92 Å². The summed E-state index contributed by atoms with van der Waals surface area (Å²) >= 11 is 0. The van der Waals surface area contributed by atoms with Gasteiger partial charge in [0.2, 0.25) is 0 Å². The lowest BCUT2D eigenvalue weighted by atomic mass is 10.0. The van der Waals surface area contributed by atoms with Crippen LogP contribution in [0.1, 0.15) is 31.4 Å². The molecule has 0 saturated carbocycles. The molecule has 3 rings (SSSR count). The second-order valence-electron chi connectivity index (χ2n) is 5.69. The van der Waals surface area contributed by atoms with Gasteiger partial charge in [-0.15, -0.1) is 10.2 Å². The Kier molecular flexibility index (Phi) is 3.35. The van der Waals surface area contributed by atoms with Gasteiger partial charge in [-0.25, -0.2) is 0 Å². The Morgan fingerprint density at radius 1 is 1.28 bits per heavy atom. The maximum atomic E-state index is 5.97. The summed E-state index contributed by atoms with van der Waals surface area (Å²) in [5.41, 5.74) is 5.97. The Balaban J connectivity index is 1.67. The van der Waals surface area contributed by atoms with E-state index in [-0.39, 0.29) is 6.04 Å². The summed E-state index contributed by atoms with van der Waals surface area (Å²) in [6.07, 6.45) is 4.33. The van der Waals surface area contributed by atoms with Crippen LogP contribution in [0.3, 0.4) is 0 Å². The van der Waals surface area contributed by atoms with Gasteiger partial charge in [0.15, 0.2) is 0 Å². The first kappa shape index (κ1) is 12.1. The van der Waals surface area contributed by atoms with Crippen LogP contribution < -0.4 is 5.73 Å². The third-order valence-corrected chi connectivity index (χ3v) is 4.36. The molecule has 100 valence electrons. The second kappa shape index (κ2) is 4.97. The molecule has 0 aliphatic carbocycles. The van der Waals surface area contributed by atoms with E-state index >= 15 is 0 Å². The van der Waals surface area contributed by atoms with E-state index in [0.717, 1.165) is 37.5 Å². The Labute approximate surface area is 108 Å². The number of nitrogens with zero attached hydrogens (tertiary/aromatic N) is 4. The van der Waals surface area contributed by atoms with Gasteiger partial charge in [-0.2, -0.15) is 0 Å². The van der Waals surface area contributed by atoms with Crippen molar-refractivity contribution in [1.29, 1.82) is 0 Å². The van der Waals surface area contributed by atoms with Gasteiger partial charge >= 0.3 is 0 Å². The average Bonchev–Trinajstić information content (AvgIpc) is 2.97. The monoisotopic (exact) mass is 249 g/mol. The molecular formula is C13H23N5. The SMILES string of the molecule is CCN1CCC(Cc2nnc3n2CCC(N)C3)C1. The average molecular weight is 249 g/mol. The maximum absolute atomic E-state index is 5.97. The summed E-state index contributed by atoms with van der Waals surface area (Å²) < 4.78 is 2.30. The molecule has 0 bridgehead atoms. The lowest BCUT2D eigenvalue weighted by Crippen LogP contribution is -2.31. The predicted molar refractivity (Wildman–Crippen MR) is 70.2 cm³/mol. The molecule has 0 aromatic carbocycles. The Bertz CT molecular complexity index is 414. The molecule has 2 aliphatic heterocycles. The van der Waals surface area contributed by atoms with Gasteiger partial charge in [0, 0.05) is 32.0 Å². The molecule has 1 saturated heterocycles. The fourth-order valence-electron chi connectivity index (χ4n) is 3.19. The first-order chi connectivity index (χ1) is 8.76. The lowest BCUT2D eigenvalue weighted by Gasteiger charge is -2.21. The van der Waals surface area contributed by atoms with Crippen molar-refractivity contribution in [2.24, 2.45) is 11.7 Å². The van der Waals surface area contributed by atoms with Crippen molar-refractivity contribution in [2.75, 3.05) is 19.6 Å². The summed E-state index contributed by atoms with van der Waals surface area (Å²) in [7, 11) is 0. The standard InChI is InChI=1S/C13H23N5/c1-2-17-5-3-10(9-17)7-12-15-16-13-8-11(14)4-6-18(12)13/h10-11H,2-9,14H2,1H3. The Morgan fingerprint density at radius 3 is 2.94 bits per heavy atom. The molecule has 3 heterocycles. The first-order valence-corrected chi connectivity index (χ1v) is 7.15. The maximum Gasteiger partial charge on any atom is 0.134 e. The van der Waals surface area contributed by atoms with Gasteiger partial charge in [-0.05, 0) is 31.8 Å². The van der Waals surface area contributed by atoms with Gasteiger partial charge in [0.25, 0.3) is 0 Å². The van der Waals surface area contributed by atoms with Gasteiger partial charge < -0.3 is 15.2 Å². The number of likely N-dealkylation sites (tertiary alicyclic amines) is 1. The van der Waals surface area contributed by atoms with Crippen molar-refractivity contribution in [1.82, 2.24) is 19.7 Å². The van der Waals surface area contributed by atoms with E-state index in [4.69, 9.17) is 5.73 Å². The molecule has 2 atom stereocenters. The summed E-state index contributed by atoms with van der Waals surface area (Å²) in [5.74, 6) is 3.03. The van der Waals surface area contributed by atoms with Crippen LogP contribution in [-0.2, 0) is 19.4 Å². The third kappa shape index (κ3) is 2.29. The number of hydrogen-bond donors (Lipinski definition) is 1. The molecule has 2 unspecified atom stereocenters. The van der Waals surface area contributed by atoms with Crippen molar-refractivity contribution in [3.8, 4) is 0 Å². The molecule has 0 amide bonds. The van der Waals surface area contributed by atoms with E-state index in [2.05, 4.69) is 26.6 Å². The van der Waals surface area contributed by atoms with Crippen molar-refractivity contribution in [2.45, 2.75) is 45.2 Å². The number of rotatable bonds is 3. The normalized spacial score (nSPS) is 28.6. The number of aromatic nitrogens is 3. The lowest BCUT2D eigenvalue weighted by molar-refractivity contribution is 0.339. The Hall–Kier alpha value is -0.940. The molecule has 2 N–H and O–H groups in total. The van der Waals surface area contributed by atoms with E-state index in [1.807, 2.05) is 0 Å². The molecule has 18 heavy (non-hydrogen) atoms. The highest BCUT2D eigenvalue weighted by Gasteiger charge is 2.26. The zero-order valence-electron chi connectivity index (χ0n) is 11.2. The van der Waals surface area contributed by atoms with Crippen LogP contribution in [0.15, 0.2) is 0 Å². The molecule has 1 aromatic heterocycles. The van der Waals surface area contributed by atoms with Crippen molar-refractivity contribution < 1.29 is 0 Å². The summed E-state index contributed by atoms with van der Waals surface area (Å²) in [6.45, 7) is 6.88. The van der Waals surface area contributed by atoms with Crippen LogP contribution in [0.5, 0.6) is 0 Å². The second-order valence-corrected chi connectivity index (χ2v) is 5.69. The number of nitrogens with two attached hydrogens (primary N) is 1. The van der Waals surface area contributed by atoms with Gasteiger partial charge in [0.05, 0.1) is 0 Å². The summed E-state index contributed by atoms with van der Waals surface area (Å²) in [4.78, 5) is 2.52. The molecule has 0 radical (unpaired) electrons. The minimum Gasteiger partial charge on any atom is -0.327 e. The zero-order chi connectivity index (χ0) is 12.5.